The molecule has 0 spiro atoms. The van der Waals surface area contributed by atoms with E-state index < -0.39 is 0 Å². The van der Waals surface area contributed by atoms with Crippen LogP contribution in [-0.2, 0) is 6.42 Å². The number of H-pyrrole nitrogens is 1. The van der Waals surface area contributed by atoms with Gasteiger partial charge in [0.25, 0.3) is 0 Å². The van der Waals surface area contributed by atoms with Crippen molar-refractivity contribution in [1.29, 1.82) is 0 Å². The van der Waals surface area contributed by atoms with Crippen LogP contribution >= 0.6 is 11.3 Å². The Bertz CT molecular complexity index is 878. The van der Waals surface area contributed by atoms with Crippen molar-refractivity contribution in [2.75, 3.05) is 0 Å². The zero-order valence-electron chi connectivity index (χ0n) is 11.3. The van der Waals surface area contributed by atoms with Gasteiger partial charge in [0.1, 0.15) is 0 Å². The van der Waals surface area contributed by atoms with Gasteiger partial charge in [0.2, 0.25) is 0 Å². The molecule has 2 aromatic heterocycles. The monoisotopic (exact) mass is 291 g/mol. The molecule has 0 amide bonds. The average molecular weight is 291 g/mol. The Morgan fingerprint density at radius 1 is 1.05 bits per heavy atom. The number of thiazole rings is 1. The maximum atomic E-state index is 4.73. The van der Waals surface area contributed by atoms with Crippen LogP contribution in [0.25, 0.3) is 22.0 Å². The highest BCUT2D eigenvalue weighted by Crippen LogP contribution is 2.26. The molecule has 0 aliphatic carbocycles. The van der Waals surface area contributed by atoms with Gasteiger partial charge in [-0.05, 0) is 16.8 Å². The van der Waals surface area contributed by atoms with Gasteiger partial charge in [-0.2, -0.15) is 0 Å². The summed E-state index contributed by atoms with van der Waals surface area (Å²) < 4.78 is 0. The van der Waals surface area contributed by atoms with E-state index in [0.717, 1.165) is 22.8 Å². The maximum absolute atomic E-state index is 4.73. The van der Waals surface area contributed by atoms with Crippen molar-refractivity contribution in [3.05, 3.63) is 71.1 Å². The predicted molar refractivity (Wildman–Crippen MR) is 86.4 cm³/mol. The average Bonchev–Trinajstić information content (AvgIpc) is 3.19. The topological polar surface area (TPSA) is 41.6 Å². The standard InChI is InChI=1S/C17H13N3S/c1-2-4-13-7-14(6-5-12(13)3-1)16-10-21-17(20-16)8-15-9-18-11-19-15/h1-7,9-11H,8H2,(H,18,19). The third kappa shape index (κ3) is 2.45. The lowest BCUT2D eigenvalue weighted by Crippen LogP contribution is -1.87. The summed E-state index contributed by atoms with van der Waals surface area (Å²) in [5.74, 6) is 0. The second-order valence-electron chi connectivity index (χ2n) is 4.94. The van der Waals surface area contributed by atoms with E-state index in [1.54, 1.807) is 17.7 Å². The number of nitrogens with one attached hydrogen (secondary N) is 1. The first kappa shape index (κ1) is 12.3. The number of benzene rings is 2. The SMILES string of the molecule is c1ccc2cc(-c3csc(Cc4cnc[nH]4)n3)ccc2c1. The first-order chi connectivity index (χ1) is 10.4. The van der Waals surface area contributed by atoms with Gasteiger partial charge in [0.15, 0.2) is 0 Å². The summed E-state index contributed by atoms with van der Waals surface area (Å²) >= 11 is 1.69. The summed E-state index contributed by atoms with van der Waals surface area (Å²) in [6.45, 7) is 0. The molecule has 0 unspecified atom stereocenters. The van der Waals surface area contributed by atoms with Crippen LogP contribution < -0.4 is 0 Å². The lowest BCUT2D eigenvalue weighted by Gasteiger charge is -2.00. The summed E-state index contributed by atoms with van der Waals surface area (Å²) in [6.07, 6.45) is 4.35. The van der Waals surface area contributed by atoms with Gasteiger partial charge in [0.05, 0.1) is 17.0 Å². The van der Waals surface area contributed by atoms with Crippen LogP contribution in [0.4, 0.5) is 0 Å². The molecule has 0 bridgehead atoms. The highest BCUT2D eigenvalue weighted by molar-refractivity contribution is 7.10. The Labute approximate surface area is 126 Å². The zero-order valence-corrected chi connectivity index (χ0v) is 12.1. The Kier molecular flexibility index (Phi) is 3.01. The van der Waals surface area contributed by atoms with Gasteiger partial charge in [-0.3, -0.25) is 0 Å². The largest absolute Gasteiger partial charge is 0.348 e. The summed E-state index contributed by atoms with van der Waals surface area (Å²) in [5, 5.41) is 5.73. The van der Waals surface area contributed by atoms with E-state index in [1.165, 1.54) is 16.3 Å². The Balaban J connectivity index is 1.67. The second-order valence-corrected chi connectivity index (χ2v) is 5.88. The van der Waals surface area contributed by atoms with Crippen LogP contribution in [0.2, 0.25) is 0 Å². The van der Waals surface area contributed by atoms with Crippen molar-refractivity contribution in [3.63, 3.8) is 0 Å². The highest BCUT2D eigenvalue weighted by atomic mass is 32.1. The molecule has 0 aliphatic rings. The lowest BCUT2D eigenvalue weighted by molar-refractivity contribution is 1.08. The van der Waals surface area contributed by atoms with Crippen molar-refractivity contribution >= 4 is 22.1 Å². The van der Waals surface area contributed by atoms with Crippen molar-refractivity contribution in [2.24, 2.45) is 0 Å². The molecule has 1 N–H and O–H groups in total. The Morgan fingerprint density at radius 3 is 2.81 bits per heavy atom. The molecule has 102 valence electrons. The third-order valence-corrected chi connectivity index (χ3v) is 4.34. The van der Waals surface area contributed by atoms with Crippen molar-refractivity contribution in [1.82, 2.24) is 15.0 Å². The van der Waals surface area contributed by atoms with E-state index in [9.17, 15) is 0 Å². The Hall–Kier alpha value is -2.46. The minimum Gasteiger partial charge on any atom is -0.348 e. The van der Waals surface area contributed by atoms with Crippen molar-refractivity contribution in [3.8, 4) is 11.3 Å². The minimum absolute atomic E-state index is 0.804. The molecule has 0 saturated heterocycles. The fraction of sp³-hybridized carbons (Fsp3) is 0.0588. The number of fused-ring (bicyclic) bond motifs is 1. The molecule has 0 atom stereocenters. The van der Waals surface area contributed by atoms with Crippen LogP contribution in [0, 0.1) is 0 Å². The van der Waals surface area contributed by atoms with E-state index in [1.807, 2.05) is 6.20 Å². The number of aromatic nitrogens is 3. The van der Waals surface area contributed by atoms with Crippen LogP contribution in [0.5, 0.6) is 0 Å². The number of imidazole rings is 1. The lowest BCUT2D eigenvalue weighted by atomic mass is 10.1. The van der Waals surface area contributed by atoms with E-state index in [2.05, 4.69) is 57.8 Å². The molecular formula is C17H13N3S. The first-order valence-electron chi connectivity index (χ1n) is 6.79. The van der Waals surface area contributed by atoms with Crippen LogP contribution in [0.3, 0.4) is 0 Å². The highest BCUT2D eigenvalue weighted by Gasteiger charge is 2.06. The molecule has 4 rings (SSSR count). The normalized spacial score (nSPS) is 11.0. The molecule has 0 radical (unpaired) electrons. The van der Waals surface area contributed by atoms with Gasteiger partial charge in [-0.1, -0.05) is 36.4 Å². The molecule has 2 heterocycles. The van der Waals surface area contributed by atoms with Crippen molar-refractivity contribution < 1.29 is 0 Å². The molecule has 21 heavy (non-hydrogen) atoms. The molecule has 0 fully saturated rings. The molecule has 4 heteroatoms. The first-order valence-corrected chi connectivity index (χ1v) is 7.67. The fourth-order valence-electron chi connectivity index (χ4n) is 2.42. The van der Waals surface area contributed by atoms with E-state index in [4.69, 9.17) is 4.98 Å². The predicted octanol–water partition coefficient (Wildman–Crippen LogP) is 4.28. The summed E-state index contributed by atoms with van der Waals surface area (Å²) in [5.41, 5.74) is 3.30. The van der Waals surface area contributed by atoms with E-state index in [0.29, 0.717) is 0 Å². The van der Waals surface area contributed by atoms with E-state index in [-0.39, 0.29) is 0 Å². The van der Waals surface area contributed by atoms with Gasteiger partial charge >= 0.3 is 0 Å². The van der Waals surface area contributed by atoms with Gasteiger partial charge in [-0.25, -0.2) is 9.97 Å². The van der Waals surface area contributed by atoms with Crippen LogP contribution in [-0.4, -0.2) is 15.0 Å². The molecule has 4 aromatic rings. The number of hydrogen-bond acceptors (Lipinski definition) is 3. The molecular weight excluding hydrogens is 278 g/mol. The van der Waals surface area contributed by atoms with Gasteiger partial charge < -0.3 is 4.98 Å². The number of rotatable bonds is 3. The fourth-order valence-corrected chi connectivity index (χ4v) is 3.24. The summed E-state index contributed by atoms with van der Waals surface area (Å²) in [4.78, 5) is 11.9. The third-order valence-electron chi connectivity index (χ3n) is 3.49. The number of nitrogens with zero attached hydrogens (tertiary/aromatic N) is 2. The number of hydrogen-bond donors (Lipinski definition) is 1. The van der Waals surface area contributed by atoms with E-state index >= 15 is 0 Å². The maximum Gasteiger partial charge on any atom is 0.0992 e. The van der Waals surface area contributed by atoms with Crippen LogP contribution in [0.1, 0.15) is 10.7 Å². The molecule has 0 aliphatic heterocycles. The van der Waals surface area contributed by atoms with Crippen LogP contribution in [0.15, 0.2) is 60.4 Å². The summed E-state index contributed by atoms with van der Waals surface area (Å²) in [6, 6.07) is 14.9. The second kappa shape index (κ2) is 5.14. The minimum atomic E-state index is 0.804. The van der Waals surface area contributed by atoms with Crippen molar-refractivity contribution in [2.45, 2.75) is 6.42 Å². The quantitative estimate of drug-likeness (QED) is 0.612. The molecule has 3 nitrogen and oxygen atoms in total. The number of aromatic amines is 1. The molecule has 2 aromatic carbocycles. The molecule has 0 saturated carbocycles. The van der Waals surface area contributed by atoms with Gasteiger partial charge in [0, 0.05) is 29.3 Å². The Morgan fingerprint density at radius 2 is 1.95 bits per heavy atom. The zero-order chi connectivity index (χ0) is 14.1. The summed E-state index contributed by atoms with van der Waals surface area (Å²) in [7, 11) is 0. The van der Waals surface area contributed by atoms with Gasteiger partial charge in [-0.15, -0.1) is 11.3 Å². The smallest absolute Gasteiger partial charge is 0.0992 e.